The van der Waals surface area contributed by atoms with Crippen molar-refractivity contribution in [2.24, 2.45) is 0 Å². The number of aromatic nitrogens is 2. The molecule has 1 aliphatic carbocycles. The van der Waals surface area contributed by atoms with Crippen LogP contribution in [0.1, 0.15) is 30.3 Å². The summed E-state index contributed by atoms with van der Waals surface area (Å²) in [6.07, 6.45) is 4.19. The standard InChI is InChI=1S/C17H22N4OS/c1-12(20(2)13-8-9-13)10-18-16(22)15-11-19-17(23)21(15)14-6-4-3-5-7-14/h3-7,11-13H,8-10H2,1-2H3,(H,18,22)(H,19,23). The summed E-state index contributed by atoms with van der Waals surface area (Å²) >= 11 is 5.31. The summed E-state index contributed by atoms with van der Waals surface area (Å²) in [7, 11) is 2.12. The highest BCUT2D eigenvalue weighted by atomic mass is 32.1. The zero-order chi connectivity index (χ0) is 16.4. The van der Waals surface area contributed by atoms with Crippen LogP contribution in [-0.4, -0.2) is 46.0 Å². The van der Waals surface area contributed by atoms with E-state index in [9.17, 15) is 4.79 Å². The first-order chi connectivity index (χ1) is 11.1. The number of hydrogen-bond donors (Lipinski definition) is 2. The Morgan fingerprint density at radius 3 is 2.78 bits per heavy atom. The van der Waals surface area contributed by atoms with Crippen molar-refractivity contribution < 1.29 is 4.79 Å². The number of nitrogens with one attached hydrogen (secondary N) is 2. The molecule has 0 saturated heterocycles. The van der Waals surface area contributed by atoms with Gasteiger partial charge in [0.15, 0.2) is 4.77 Å². The van der Waals surface area contributed by atoms with Gasteiger partial charge in [-0.1, -0.05) is 18.2 Å². The van der Waals surface area contributed by atoms with E-state index in [0.717, 1.165) is 5.69 Å². The molecule has 1 heterocycles. The lowest BCUT2D eigenvalue weighted by molar-refractivity contribution is 0.0932. The Morgan fingerprint density at radius 2 is 2.13 bits per heavy atom. The van der Waals surface area contributed by atoms with Gasteiger partial charge in [-0.15, -0.1) is 0 Å². The van der Waals surface area contributed by atoms with E-state index in [1.54, 1.807) is 10.8 Å². The first-order valence-corrected chi connectivity index (χ1v) is 8.34. The Morgan fingerprint density at radius 1 is 1.43 bits per heavy atom. The first kappa shape index (κ1) is 16.0. The number of benzene rings is 1. The van der Waals surface area contributed by atoms with Crippen molar-refractivity contribution >= 4 is 18.1 Å². The van der Waals surface area contributed by atoms with E-state index in [1.165, 1.54) is 12.8 Å². The number of H-pyrrole nitrogens is 1. The van der Waals surface area contributed by atoms with Crippen LogP contribution in [0, 0.1) is 4.77 Å². The Labute approximate surface area is 141 Å². The minimum Gasteiger partial charge on any atom is -0.349 e. The van der Waals surface area contributed by atoms with E-state index >= 15 is 0 Å². The summed E-state index contributed by atoms with van der Waals surface area (Å²) in [6, 6.07) is 10.7. The molecule has 1 aromatic carbocycles. The quantitative estimate of drug-likeness (QED) is 0.801. The van der Waals surface area contributed by atoms with E-state index in [-0.39, 0.29) is 5.91 Å². The third kappa shape index (κ3) is 3.54. The van der Waals surface area contributed by atoms with Crippen molar-refractivity contribution in [1.29, 1.82) is 0 Å². The van der Waals surface area contributed by atoms with Crippen molar-refractivity contribution in [2.75, 3.05) is 13.6 Å². The summed E-state index contributed by atoms with van der Waals surface area (Å²) < 4.78 is 2.28. The van der Waals surface area contributed by atoms with Crippen LogP contribution < -0.4 is 5.32 Å². The highest BCUT2D eigenvalue weighted by molar-refractivity contribution is 7.71. The Kier molecular flexibility index (Phi) is 4.63. The zero-order valence-electron chi connectivity index (χ0n) is 13.5. The number of carbonyl (C=O) groups excluding carboxylic acids is 1. The van der Waals surface area contributed by atoms with Crippen LogP contribution in [0.2, 0.25) is 0 Å². The summed E-state index contributed by atoms with van der Waals surface area (Å²) in [5.74, 6) is -0.114. The summed E-state index contributed by atoms with van der Waals surface area (Å²) in [5, 5.41) is 3.02. The number of imidazole rings is 1. The fourth-order valence-electron chi connectivity index (χ4n) is 2.69. The number of rotatable bonds is 6. The number of carbonyl (C=O) groups is 1. The molecular weight excluding hydrogens is 308 g/mol. The van der Waals surface area contributed by atoms with E-state index in [1.807, 2.05) is 30.3 Å². The largest absolute Gasteiger partial charge is 0.349 e. The normalized spacial score (nSPS) is 15.6. The molecule has 1 amide bonds. The van der Waals surface area contributed by atoms with Gasteiger partial charge in [-0.05, 0) is 51.2 Å². The maximum Gasteiger partial charge on any atom is 0.269 e. The molecular formula is C17H22N4OS. The minimum atomic E-state index is -0.114. The molecule has 122 valence electrons. The second-order valence-electron chi connectivity index (χ2n) is 6.11. The molecule has 3 rings (SSSR count). The molecule has 23 heavy (non-hydrogen) atoms. The Hall–Kier alpha value is -1.92. The fraction of sp³-hybridized carbons (Fsp3) is 0.412. The number of para-hydroxylation sites is 1. The number of aromatic amines is 1. The van der Waals surface area contributed by atoms with Gasteiger partial charge >= 0.3 is 0 Å². The third-order valence-corrected chi connectivity index (χ3v) is 4.70. The Bertz CT molecular complexity index is 733. The molecule has 0 spiro atoms. The average Bonchev–Trinajstić information content (AvgIpc) is 3.34. The van der Waals surface area contributed by atoms with Crippen LogP contribution in [0.25, 0.3) is 5.69 Å². The van der Waals surface area contributed by atoms with Gasteiger partial charge in [0.1, 0.15) is 5.69 Å². The van der Waals surface area contributed by atoms with Crippen LogP contribution in [0.5, 0.6) is 0 Å². The number of amides is 1. The van der Waals surface area contributed by atoms with Crippen molar-refractivity contribution in [3.05, 3.63) is 47.0 Å². The summed E-state index contributed by atoms with van der Waals surface area (Å²) in [5.41, 5.74) is 1.41. The summed E-state index contributed by atoms with van der Waals surface area (Å²) in [6.45, 7) is 2.76. The van der Waals surface area contributed by atoms with Crippen LogP contribution >= 0.6 is 12.2 Å². The average molecular weight is 330 g/mol. The van der Waals surface area contributed by atoms with Crippen LogP contribution in [0.3, 0.4) is 0 Å². The third-order valence-electron chi connectivity index (χ3n) is 4.40. The molecule has 1 fully saturated rings. The second-order valence-corrected chi connectivity index (χ2v) is 6.49. The molecule has 6 heteroatoms. The molecule has 1 atom stereocenters. The molecule has 0 radical (unpaired) electrons. The molecule has 0 bridgehead atoms. The second kappa shape index (κ2) is 6.68. The van der Waals surface area contributed by atoms with Gasteiger partial charge in [-0.3, -0.25) is 14.3 Å². The van der Waals surface area contributed by atoms with Crippen molar-refractivity contribution in [1.82, 2.24) is 19.8 Å². The zero-order valence-corrected chi connectivity index (χ0v) is 14.3. The van der Waals surface area contributed by atoms with E-state index in [4.69, 9.17) is 12.2 Å². The minimum absolute atomic E-state index is 0.114. The lowest BCUT2D eigenvalue weighted by Gasteiger charge is -2.24. The first-order valence-electron chi connectivity index (χ1n) is 7.94. The molecule has 5 nitrogen and oxygen atoms in total. The lowest BCUT2D eigenvalue weighted by atomic mass is 10.2. The van der Waals surface area contributed by atoms with Gasteiger partial charge < -0.3 is 10.3 Å². The predicted molar refractivity (Wildman–Crippen MR) is 93.5 cm³/mol. The smallest absolute Gasteiger partial charge is 0.269 e. The molecule has 2 N–H and O–H groups in total. The van der Waals surface area contributed by atoms with Crippen LogP contribution in [0.15, 0.2) is 36.5 Å². The SMILES string of the molecule is CC(CNC(=O)c1c[nH]c(=S)n1-c1ccccc1)N(C)C1CC1. The van der Waals surface area contributed by atoms with E-state index in [2.05, 4.69) is 29.2 Å². The lowest BCUT2D eigenvalue weighted by Crippen LogP contribution is -2.41. The predicted octanol–water partition coefficient (Wildman–Crippen LogP) is 2.75. The van der Waals surface area contributed by atoms with Crippen molar-refractivity contribution in [3.63, 3.8) is 0 Å². The molecule has 0 aliphatic heterocycles. The monoisotopic (exact) mass is 330 g/mol. The van der Waals surface area contributed by atoms with Crippen LogP contribution in [0.4, 0.5) is 0 Å². The number of likely N-dealkylation sites (N-methyl/N-ethyl adjacent to an activating group) is 1. The highest BCUT2D eigenvalue weighted by Crippen LogP contribution is 2.26. The molecule has 1 saturated carbocycles. The van der Waals surface area contributed by atoms with Crippen molar-refractivity contribution in [2.45, 2.75) is 31.8 Å². The molecule has 1 aromatic heterocycles. The van der Waals surface area contributed by atoms with E-state index < -0.39 is 0 Å². The van der Waals surface area contributed by atoms with Gasteiger partial charge in [-0.25, -0.2) is 0 Å². The van der Waals surface area contributed by atoms with Gasteiger partial charge in [0.25, 0.3) is 5.91 Å². The van der Waals surface area contributed by atoms with Crippen LogP contribution in [-0.2, 0) is 0 Å². The van der Waals surface area contributed by atoms with Gasteiger partial charge in [0.2, 0.25) is 0 Å². The van der Waals surface area contributed by atoms with Gasteiger partial charge in [0, 0.05) is 30.5 Å². The maximum absolute atomic E-state index is 12.5. The number of nitrogens with zero attached hydrogens (tertiary/aromatic N) is 2. The van der Waals surface area contributed by atoms with E-state index in [0.29, 0.717) is 29.1 Å². The summed E-state index contributed by atoms with van der Waals surface area (Å²) in [4.78, 5) is 17.8. The van der Waals surface area contributed by atoms with Gasteiger partial charge in [0.05, 0.1) is 0 Å². The Balaban J connectivity index is 1.72. The fourth-order valence-corrected chi connectivity index (χ4v) is 2.95. The highest BCUT2D eigenvalue weighted by Gasteiger charge is 2.29. The van der Waals surface area contributed by atoms with Gasteiger partial charge in [-0.2, -0.15) is 0 Å². The number of hydrogen-bond acceptors (Lipinski definition) is 3. The molecule has 1 aliphatic rings. The maximum atomic E-state index is 12.5. The molecule has 1 unspecified atom stereocenters. The molecule has 2 aromatic rings. The topological polar surface area (TPSA) is 53.1 Å². The van der Waals surface area contributed by atoms with Crippen molar-refractivity contribution in [3.8, 4) is 5.69 Å².